The zero-order valence-electron chi connectivity index (χ0n) is 12.4. The second-order valence-electron chi connectivity index (χ2n) is 4.56. The van der Waals surface area contributed by atoms with Crippen molar-refractivity contribution in [2.24, 2.45) is 7.05 Å². The third-order valence-electron chi connectivity index (χ3n) is 3.24. The number of fused-ring (bicyclic) bond motifs is 1. The zero-order chi connectivity index (χ0) is 14.4. The Morgan fingerprint density at radius 1 is 1.25 bits per heavy atom. The lowest BCUT2D eigenvalue weighted by Crippen LogP contribution is -2.04. The molecule has 1 heterocycles. The van der Waals surface area contributed by atoms with Crippen LogP contribution in [0, 0.1) is 0 Å². The second-order valence-corrected chi connectivity index (χ2v) is 4.56. The van der Waals surface area contributed by atoms with Crippen LogP contribution >= 0.6 is 0 Å². The van der Waals surface area contributed by atoms with Crippen LogP contribution < -0.4 is 4.74 Å². The van der Waals surface area contributed by atoms with E-state index in [1.54, 1.807) is 7.11 Å². The van der Waals surface area contributed by atoms with E-state index in [1.807, 2.05) is 32.2 Å². The van der Waals surface area contributed by atoms with Gasteiger partial charge in [-0.25, -0.2) is 4.98 Å². The molecule has 0 spiro atoms. The third kappa shape index (κ3) is 3.49. The van der Waals surface area contributed by atoms with Crippen LogP contribution in [0.3, 0.4) is 0 Å². The molecule has 0 N–H and O–H groups in total. The molecule has 0 atom stereocenters. The fraction of sp³-hybridized carbons (Fsp3) is 0.533. The van der Waals surface area contributed by atoms with Gasteiger partial charge < -0.3 is 18.8 Å². The van der Waals surface area contributed by atoms with E-state index in [9.17, 15) is 0 Å². The number of hydrogen-bond donors (Lipinski definition) is 0. The molecule has 20 heavy (non-hydrogen) atoms. The summed E-state index contributed by atoms with van der Waals surface area (Å²) in [4.78, 5) is 4.65. The van der Waals surface area contributed by atoms with E-state index >= 15 is 0 Å². The van der Waals surface area contributed by atoms with E-state index in [4.69, 9.17) is 14.2 Å². The van der Waals surface area contributed by atoms with Gasteiger partial charge in [-0.1, -0.05) is 0 Å². The van der Waals surface area contributed by atoms with Crippen molar-refractivity contribution in [3.8, 4) is 5.75 Å². The van der Waals surface area contributed by atoms with Gasteiger partial charge in [0.25, 0.3) is 0 Å². The van der Waals surface area contributed by atoms with Crippen molar-refractivity contribution in [2.45, 2.75) is 19.8 Å². The van der Waals surface area contributed by atoms with Gasteiger partial charge in [0.2, 0.25) is 0 Å². The second kappa shape index (κ2) is 7.26. The molecule has 110 valence electrons. The number of rotatable bonds is 8. The quantitative estimate of drug-likeness (QED) is 0.550. The van der Waals surface area contributed by atoms with Crippen molar-refractivity contribution in [2.75, 3.05) is 27.1 Å². The lowest BCUT2D eigenvalue weighted by atomic mass is 10.3. The first-order chi connectivity index (χ1) is 9.76. The molecule has 0 aliphatic carbocycles. The Kier molecular flexibility index (Phi) is 5.38. The summed E-state index contributed by atoms with van der Waals surface area (Å²) in [5.74, 6) is 1.90. The van der Waals surface area contributed by atoms with Crippen LogP contribution in [-0.2, 0) is 22.9 Å². The minimum Gasteiger partial charge on any atom is -0.497 e. The van der Waals surface area contributed by atoms with Crippen molar-refractivity contribution in [1.29, 1.82) is 0 Å². The summed E-state index contributed by atoms with van der Waals surface area (Å²) in [6, 6.07) is 5.96. The van der Waals surface area contributed by atoms with E-state index in [1.165, 1.54) is 0 Å². The molecule has 0 aliphatic heterocycles. The Bertz CT molecular complexity index is 551. The van der Waals surface area contributed by atoms with E-state index in [0.717, 1.165) is 35.4 Å². The van der Waals surface area contributed by atoms with Crippen molar-refractivity contribution < 1.29 is 14.2 Å². The van der Waals surface area contributed by atoms with Gasteiger partial charge in [0.15, 0.2) is 0 Å². The van der Waals surface area contributed by atoms with E-state index in [-0.39, 0.29) is 0 Å². The lowest BCUT2D eigenvalue weighted by molar-refractivity contribution is -0.0498. The van der Waals surface area contributed by atoms with Crippen LogP contribution in [0.5, 0.6) is 5.75 Å². The standard InChI is InChI=1S/C15H22N2O3/c1-4-19-11-20-9-5-6-15-16-13-10-12(18-3)7-8-14(13)17(15)2/h7-8,10H,4-6,9,11H2,1-3H3. The van der Waals surface area contributed by atoms with Crippen molar-refractivity contribution in [1.82, 2.24) is 9.55 Å². The summed E-state index contributed by atoms with van der Waals surface area (Å²) < 4.78 is 17.8. The van der Waals surface area contributed by atoms with E-state index in [0.29, 0.717) is 20.0 Å². The molecule has 0 bridgehead atoms. The van der Waals surface area contributed by atoms with Crippen LogP contribution in [0.2, 0.25) is 0 Å². The van der Waals surface area contributed by atoms with Gasteiger partial charge in [-0.05, 0) is 25.5 Å². The van der Waals surface area contributed by atoms with Crippen LogP contribution in [0.15, 0.2) is 18.2 Å². The highest BCUT2D eigenvalue weighted by Crippen LogP contribution is 2.21. The number of nitrogens with zero attached hydrogens (tertiary/aromatic N) is 2. The highest BCUT2D eigenvalue weighted by atomic mass is 16.7. The largest absolute Gasteiger partial charge is 0.497 e. The SMILES string of the molecule is CCOCOCCCc1nc2cc(OC)ccc2n1C. The fourth-order valence-electron chi connectivity index (χ4n) is 2.11. The molecule has 5 heteroatoms. The number of imidazole rings is 1. The molecule has 0 saturated carbocycles. The normalized spacial score (nSPS) is 11.2. The first kappa shape index (κ1) is 14.8. The van der Waals surface area contributed by atoms with Gasteiger partial charge in [-0.3, -0.25) is 0 Å². The molecule has 0 saturated heterocycles. The summed E-state index contributed by atoms with van der Waals surface area (Å²) >= 11 is 0. The average Bonchev–Trinajstić information content (AvgIpc) is 2.78. The molecule has 5 nitrogen and oxygen atoms in total. The molecule has 2 aromatic rings. The Morgan fingerprint density at radius 2 is 2.10 bits per heavy atom. The molecule has 0 unspecified atom stereocenters. The summed E-state index contributed by atoms with van der Waals surface area (Å²) in [7, 11) is 3.71. The molecule has 0 radical (unpaired) electrons. The summed E-state index contributed by atoms with van der Waals surface area (Å²) in [5, 5.41) is 0. The van der Waals surface area contributed by atoms with Gasteiger partial charge in [0.05, 0.1) is 18.1 Å². The van der Waals surface area contributed by atoms with Crippen LogP contribution in [0.1, 0.15) is 19.2 Å². The third-order valence-corrected chi connectivity index (χ3v) is 3.24. The zero-order valence-corrected chi connectivity index (χ0v) is 12.4. The number of aryl methyl sites for hydroxylation is 2. The highest BCUT2D eigenvalue weighted by molar-refractivity contribution is 5.77. The van der Waals surface area contributed by atoms with Gasteiger partial charge in [-0.2, -0.15) is 0 Å². The predicted molar refractivity (Wildman–Crippen MR) is 78.0 cm³/mol. The summed E-state index contributed by atoms with van der Waals surface area (Å²) in [6.45, 7) is 3.70. The van der Waals surface area contributed by atoms with E-state index in [2.05, 4.69) is 9.55 Å². The minimum absolute atomic E-state index is 0.371. The molecule has 0 fully saturated rings. The number of methoxy groups -OCH3 is 1. The van der Waals surface area contributed by atoms with Gasteiger partial charge in [0.1, 0.15) is 18.4 Å². The first-order valence-corrected chi connectivity index (χ1v) is 6.91. The number of benzene rings is 1. The highest BCUT2D eigenvalue weighted by Gasteiger charge is 2.08. The number of aromatic nitrogens is 2. The van der Waals surface area contributed by atoms with Crippen molar-refractivity contribution in [3.63, 3.8) is 0 Å². The predicted octanol–water partition coefficient (Wildman–Crippen LogP) is 2.53. The monoisotopic (exact) mass is 278 g/mol. The van der Waals surface area contributed by atoms with Gasteiger partial charge in [-0.15, -0.1) is 0 Å². The Hall–Kier alpha value is -1.59. The Morgan fingerprint density at radius 3 is 2.85 bits per heavy atom. The maximum atomic E-state index is 5.37. The van der Waals surface area contributed by atoms with Crippen molar-refractivity contribution >= 4 is 11.0 Å². The Balaban J connectivity index is 1.94. The molecule has 0 aliphatic rings. The van der Waals surface area contributed by atoms with Crippen LogP contribution in [-0.4, -0.2) is 36.7 Å². The summed E-state index contributed by atoms with van der Waals surface area (Å²) in [6.07, 6.45) is 1.82. The van der Waals surface area contributed by atoms with Crippen LogP contribution in [0.25, 0.3) is 11.0 Å². The first-order valence-electron chi connectivity index (χ1n) is 6.91. The van der Waals surface area contributed by atoms with Crippen molar-refractivity contribution in [3.05, 3.63) is 24.0 Å². The number of hydrogen-bond acceptors (Lipinski definition) is 4. The topological polar surface area (TPSA) is 45.5 Å². The summed E-state index contributed by atoms with van der Waals surface area (Å²) in [5.41, 5.74) is 2.09. The molecule has 2 rings (SSSR count). The van der Waals surface area contributed by atoms with E-state index < -0.39 is 0 Å². The average molecular weight is 278 g/mol. The number of ether oxygens (including phenoxy) is 3. The molecule has 1 aromatic carbocycles. The Labute approximate surface area is 119 Å². The maximum absolute atomic E-state index is 5.37. The maximum Gasteiger partial charge on any atom is 0.146 e. The minimum atomic E-state index is 0.371. The van der Waals surface area contributed by atoms with Gasteiger partial charge in [0, 0.05) is 32.7 Å². The molecular weight excluding hydrogens is 256 g/mol. The molecule has 0 amide bonds. The molecule has 1 aromatic heterocycles. The van der Waals surface area contributed by atoms with Crippen LogP contribution in [0.4, 0.5) is 0 Å². The fourth-order valence-corrected chi connectivity index (χ4v) is 2.11. The smallest absolute Gasteiger partial charge is 0.146 e. The molecular formula is C15H22N2O3. The van der Waals surface area contributed by atoms with Gasteiger partial charge >= 0.3 is 0 Å². The lowest BCUT2D eigenvalue weighted by Gasteiger charge is -2.04.